The van der Waals surface area contributed by atoms with E-state index in [-0.39, 0.29) is 43.2 Å². The van der Waals surface area contributed by atoms with Gasteiger partial charge in [-0.1, -0.05) is 12.1 Å². The van der Waals surface area contributed by atoms with E-state index >= 15 is 0 Å². The molecule has 0 spiro atoms. The molecule has 2 aliphatic rings. The number of amides is 2. The van der Waals surface area contributed by atoms with E-state index in [0.717, 1.165) is 6.42 Å². The molecule has 1 N–H and O–H groups in total. The zero-order valence-electron chi connectivity index (χ0n) is 13.2. The molecule has 6 nitrogen and oxygen atoms in total. The number of rotatable bonds is 4. The van der Waals surface area contributed by atoms with Crippen molar-refractivity contribution in [3.63, 3.8) is 0 Å². The third-order valence-electron chi connectivity index (χ3n) is 4.79. The van der Waals surface area contributed by atoms with Crippen LogP contribution in [-0.2, 0) is 14.4 Å². The van der Waals surface area contributed by atoms with Gasteiger partial charge in [0.2, 0.25) is 11.8 Å². The Labute approximate surface area is 138 Å². The van der Waals surface area contributed by atoms with Crippen LogP contribution in [0.1, 0.15) is 24.3 Å². The van der Waals surface area contributed by atoms with Gasteiger partial charge >= 0.3 is 5.97 Å². The molecule has 0 radical (unpaired) electrons. The Hall–Kier alpha value is -2.44. The van der Waals surface area contributed by atoms with Gasteiger partial charge < -0.3 is 14.9 Å². The fourth-order valence-electron chi connectivity index (χ4n) is 3.44. The molecular weight excluding hydrogens is 315 g/mol. The second kappa shape index (κ2) is 6.59. The average Bonchev–Trinajstić information content (AvgIpc) is 3.15. The van der Waals surface area contributed by atoms with Crippen molar-refractivity contribution >= 4 is 17.8 Å². The average molecular weight is 334 g/mol. The van der Waals surface area contributed by atoms with E-state index in [1.807, 2.05) is 0 Å². The van der Waals surface area contributed by atoms with Crippen LogP contribution in [0.4, 0.5) is 4.39 Å². The van der Waals surface area contributed by atoms with Gasteiger partial charge in [-0.2, -0.15) is 0 Å². The number of hydrogen-bond donors (Lipinski definition) is 1. The van der Waals surface area contributed by atoms with Crippen molar-refractivity contribution in [3.8, 4) is 0 Å². The molecule has 0 unspecified atom stereocenters. The fraction of sp³-hybridized carbons (Fsp3) is 0.471. The summed E-state index contributed by atoms with van der Waals surface area (Å²) in [6, 6.07) is 5.71. The number of halogens is 1. The smallest absolute Gasteiger partial charge is 0.308 e. The minimum Gasteiger partial charge on any atom is -0.481 e. The van der Waals surface area contributed by atoms with Crippen LogP contribution in [0.2, 0.25) is 0 Å². The first-order valence-corrected chi connectivity index (χ1v) is 7.99. The largest absolute Gasteiger partial charge is 0.481 e. The van der Waals surface area contributed by atoms with Gasteiger partial charge in [0.15, 0.2) is 0 Å². The lowest BCUT2D eigenvalue weighted by Gasteiger charge is -2.21. The van der Waals surface area contributed by atoms with Crippen LogP contribution < -0.4 is 0 Å². The lowest BCUT2D eigenvalue weighted by Crippen LogP contribution is -2.40. The Kier molecular flexibility index (Phi) is 4.51. The van der Waals surface area contributed by atoms with Crippen molar-refractivity contribution < 1.29 is 23.9 Å². The summed E-state index contributed by atoms with van der Waals surface area (Å²) in [5, 5.41) is 9.45. The standard InChI is InChI=1S/C17H19FN2O4/c18-12-5-3-11(4-6-12)13-8-20(9-14(13)17(23)24)16(22)10-19-7-1-2-15(19)21/h3-6,13-14H,1-2,7-10H2,(H,23,24)/t13-,14+/m1/s1. The number of carboxylic acid groups (broad SMARTS) is 1. The maximum Gasteiger partial charge on any atom is 0.308 e. The fourth-order valence-corrected chi connectivity index (χ4v) is 3.44. The van der Waals surface area contributed by atoms with Crippen LogP contribution in [0, 0.1) is 11.7 Å². The molecule has 2 fully saturated rings. The van der Waals surface area contributed by atoms with Gasteiger partial charge in [0.1, 0.15) is 5.82 Å². The summed E-state index contributed by atoms with van der Waals surface area (Å²) < 4.78 is 13.1. The Balaban J connectivity index is 1.72. The molecule has 7 heteroatoms. The maximum atomic E-state index is 13.1. The van der Waals surface area contributed by atoms with Crippen molar-refractivity contribution in [1.29, 1.82) is 0 Å². The summed E-state index contributed by atoms with van der Waals surface area (Å²) in [6.45, 7) is 0.950. The molecule has 0 aromatic heterocycles. The zero-order valence-corrected chi connectivity index (χ0v) is 13.2. The van der Waals surface area contributed by atoms with Gasteiger partial charge in [0.05, 0.1) is 12.5 Å². The normalized spacial score (nSPS) is 23.8. The minimum atomic E-state index is -0.975. The summed E-state index contributed by atoms with van der Waals surface area (Å²) in [4.78, 5) is 38.6. The highest BCUT2D eigenvalue weighted by atomic mass is 19.1. The van der Waals surface area contributed by atoms with Crippen molar-refractivity contribution in [2.75, 3.05) is 26.2 Å². The van der Waals surface area contributed by atoms with Crippen LogP contribution >= 0.6 is 0 Å². The van der Waals surface area contributed by atoms with Crippen molar-refractivity contribution in [2.45, 2.75) is 18.8 Å². The van der Waals surface area contributed by atoms with E-state index in [1.165, 1.54) is 21.9 Å². The van der Waals surface area contributed by atoms with E-state index in [0.29, 0.717) is 18.5 Å². The molecule has 0 bridgehead atoms. The molecule has 3 rings (SSSR count). The number of carbonyl (C=O) groups excluding carboxylic acids is 2. The van der Waals surface area contributed by atoms with Crippen LogP contribution in [0.25, 0.3) is 0 Å². The molecule has 128 valence electrons. The molecule has 24 heavy (non-hydrogen) atoms. The summed E-state index contributed by atoms with van der Waals surface area (Å²) in [6.07, 6.45) is 1.21. The molecule has 2 aliphatic heterocycles. The van der Waals surface area contributed by atoms with Crippen LogP contribution in [-0.4, -0.2) is 58.9 Å². The Morgan fingerprint density at radius 3 is 2.50 bits per heavy atom. The van der Waals surface area contributed by atoms with Gasteiger partial charge in [-0.3, -0.25) is 14.4 Å². The zero-order chi connectivity index (χ0) is 17.3. The lowest BCUT2D eigenvalue weighted by atomic mass is 9.89. The van der Waals surface area contributed by atoms with Crippen molar-refractivity contribution in [2.24, 2.45) is 5.92 Å². The van der Waals surface area contributed by atoms with Gasteiger partial charge in [-0.05, 0) is 24.1 Å². The number of carboxylic acids is 1. The number of hydrogen-bond acceptors (Lipinski definition) is 3. The number of likely N-dealkylation sites (tertiary alicyclic amines) is 2. The van der Waals surface area contributed by atoms with E-state index in [1.54, 1.807) is 12.1 Å². The second-order valence-corrected chi connectivity index (χ2v) is 6.32. The monoisotopic (exact) mass is 334 g/mol. The van der Waals surface area contributed by atoms with Crippen LogP contribution in [0.15, 0.2) is 24.3 Å². The second-order valence-electron chi connectivity index (χ2n) is 6.32. The molecule has 0 saturated carbocycles. The maximum absolute atomic E-state index is 13.1. The third kappa shape index (κ3) is 3.25. The number of carbonyl (C=O) groups is 3. The highest BCUT2D eigenvalue weighted by Gasteiger charge is 2.41. The number of aliphatic carboxylic acids is 1. The molecule has 0 aliphatic carbocycles. The van der Waals surface area contributed by atoms with E-state index in [2.05, 4.69) is 0 Å². The van der Waals surface area contributed by atoms with Gasteiger partial charge in [-0.15, -0.1) is 0 Å². The lowest BCUT2D eigenvalue weighted by molar-refractivity contribution is -0.142. The highest BCUT2D eigenvalue weighted by Crippen LogP contribution is 2.33. The predicted octanol–water partition coefficient (Wildman–Crippen LogP) is 1.07. The predicted molar refractivity (Wildman–Crippen MR) is 82.7 cm³/mol. The van der Waals surface area contributed by atoms with Gasteiger partial charge in [0.25, 0.3) is 0 Å². The van der Waals surface area contributed by atoms with E-state index in [9.17, 15) is 23.9 Å². The summed E-state index contributed by atoms with van der Waals surface area (Å²) in [7, 11) is 0. The summed E-state index contributed by atoms with van der Waals surface area (Å²) in [5.41, 5.74) is 0.705. The first-order chi connectivity index (χ1) is 11.5. The number of benzene rings is 1. The highest BCUT2D eigenvalue weighted by molar-refractivity contribution is 5.86. The summed E-state index contributed by atoms with van der Waals surface area (Å²) in [5.74, 6) is -2.73. The molecule has 1 aromatic carbocycles. The van der Waals surface area contributed by atoms with E-state index < -0.39 is 11.9 Å². The summed E-state index contributed by atoms with van der Waals surface area (Å²) >= 11 is 0. The van der Waals surface area contributed by atoms with Crippen molar-refractivity contribution in [3.05, 3.63) is 35.6 Å². The molecular formula is C17H19FN2O4. The van der Waals surface area contributed by atoms with Gasteiger partial charge in [-0.25, -0.2) is 4.39 Å². The topological polar surface area (TPSA) is 77.9 Å². The van der Waals surface area contributed by atoms with E-state index in [4.69, 9.17) is 0 Å². The third-order valence-corrected chi connectivity index (χ3v) is 4.79. The number of nitrogens with zero attached hydrogens (tertiary/aromatic N) is 2. The molecule has 2 amide bonds. The first kappa shape index (κ1) is 16.4. The molecule has 2 saturated heterocycles. The van der Waals surface area contributed by atoms with Crippen LogP contribution in [0.3, 0.4) is 0 Å². The Bertz CT molecular complexity index is 661. The minimum absolute atomic E-state index is 0.00130. The first-order valence-electron chi connectivity index (χ1n) is 7.99. The molecule has 1 aromatic rings. The van der Waals surface area contributed by atoms with Crippen molar-refractivity contribution in [1.82, 2.24) is 9.80 Å². The molecule has 2 heterocycles. The van der Waals surface area contributed by atoms with Gasteiger partial charge in [0, 0.05) is 32.0 Å². The Morgan fingerprint density at radius 1 is 1.21 bits per heavy atom. The molecule has 2 atom stereocenters. The van der Waals surface area contributed by atoms with Crippen LogP contribution in [0.5, 0.6) is 0 Å². The quantitative estimate of drug-likeness (QED) is 0.894. The Morgan fingerprint density at radius 2 is 1.92 bits per heavy atom. The SMILES string of the molecule is O=C(O)[C@H]1CN(C(=O)CN2CCCC2=O)C[C@@H]1c1ccc(F)cc1.